The number of benzene rings is 2. The summed E-state index contributed by atoms with van der Waals surface area (Å²) in [6, 6.07) is 11.6. The minimum atomic E-state index is -3.63. The van der Waals surface area contributed by atoms with Gasteiger partial charge >= 0.3 is 0 Å². The van der Waals surface area contributed by atoms with Crippen LogP contribution in [0.3, 0.4) is 0 Å². The van der Waals surface area contributed by atoms with Crippen LogP contribution >= 0.6 is 23.4 Å². The minimum Gasteiger partial charge on any atom is -0.495 e. The first-order valence-corrected chi connectivity index (χ1v) is 9.41. The van der Waals surface area contributed by atoms with Crippen LogP contribution < -0.4 is 9.04 Å². The van der Waals surface area contributed by atoms with Crippen molar-refractivity contribution in [3.05, 3.63) is 47.5 Å². The zero-order chi connectivity index (χ0) is 16.3. The van der Waals surface area contributed by atoms with Crippen LogP contribution in [0.15, 0.2) is 52.3 Å². The van der Waals surface area contributed by atoms with Gasteiger partial charge in [0.2, 0.25) is 0 Å². The number of thioether (sulfide) groups is 1. The Balaban J connectivity index is 2.37. The zero-order valence-electron chi connectivity index (χ0n) is 12.4. The van der Waals surface area contributed by atoms with Crippen molar-refractivity contribution >= 4 is 39.1 Å². The molecule has 2 aromatic carbocycles. The van der Waals surface area contributed by atoms with Gasteiger partial charge in [-0.05, 0) is 48.7 Å². The third-order valence-electron chi connectivity index (χ3n) is 3.22. The van der Waals surface area contributed by atoms with Crippen LogP contribution in [0.2, 0.25) is 5.02 Å². The molecule has 0 atom stereocenters. The van der Waals surface area contributed by atoms with E-state index in [1.165, 1.54) is 18.5 Å². The fourth-order valence-electron chi connectivity index (χ4n) is 1.90. The maximum Gasteiger partial charge on any atom is 0.264 e. The Hall–Kier alpha value is -1.37. The van der Waals surface area contributed by atoms with Crippen molar-refractivity contribution in [2.45, 2.75) is 9.79 Å². The highest BCUT2D eigenvalue weighted by Crippen LogP contribution is 2.31. The highest BCUT2D eigenvalue weighted by Gasteiger charge is 2.21. The lowest BCUT2D eigenvalue weighted by atomic mass is 10.3. The summed E-state index contributed by atoms with van der Waals surface area (Å²) in [6.07, 6.45) is 1.94. The molecular formula is C15H16ClNO3S2. The van der Waals surface area contributed by atoms with Gasteiger partial charge < -0.3 is 4.74 Å². The van der Waals surface area contributed by atoms with Crippen LogP contribution in [-0.2, 0) is 10.0 Å². The molecular weight excluding hydrogens is 342 g/mol. The van der Waals surface area contributed by atoms with E-state index in [9.17, 15) is 8.42 Å². The van der Waals surface area contributed by atoms with E-state index >= 15 is 0 Å². The van der Waals surface area contributed by atoms with E-state index in [2.05, 4.69) is 0 Å². The Morgan fingerprint density at radius 3 is 2.27 bits per heavy atom. The summed E-state index contributed by atoms with van der Waals surface area (Å²) in [5.74, 6) is 0.500. The average molecular weight is 358 g/mol. The standard InChI is InChI=1S/C15H16ClNO3S2/c1-17(11-4-9-15(20-2)14(16)10-11)22(18,19)13-7-5-12(21-3)6-8-13/h4-10H,1-3H3. The molecule has 0 saturated carbocycles. The molecule has 0 radical (unpaired) electrons. The second-order valence-electron chi connectivity index (χ2n) is 4.47. The van der Waals surface area contributed by atoms with Crippen LogP contribution in [-0.4, -0.2) is 28.8 Å². The minimum absolute atomic E-state index is 0.236. The summed E-state index contributed by atoms with van der Waals surface area (Å²) in [5, 5.41) is 0.361. The molecule has 0 unspecified atom stereocenters. The Bertz CT molecular complexity index is 761. The predicted octanol–water partition coefficient (Wildman–Crippen LogP) is 3.90. The van der Waals surface area contributed by atoms with Gasteiger partial charge in [-0.2, -0.15) is 0 Å². The molecule has 0 heterocycles. The quantitative estimate of drug-likeness (QED) is 0.761. The van der Waals surface area contributed by atoms with Crippen LogP contribution in [0.5, 0.6) is 5.75 Å². The maximum atomic E-state index is 12.6. The lowest BCUT2D eigenvalue weighted by molar-refractivity contribution is 0.415. The molecule has 0 saturated heterocycles. The number of halogens is 1. The average Bonchev–Trinajstić information content (AvgIpc) is 2.54. The maximum absolute atomic E-state index is 12.6. The SMILES string of the molecule is COc1ccc(N(C)S(=O)(=O)c2ccc(SC)cc2)cc1Cl. The Kier molecular flexibility index (Phi) is 5.26. The molecule has 0 aliphatic heterocycles. The van der Waals surface area contributed by atoms with Crippen molar-refractivity contribution in [1.82, 2.24) is 0 Å². The Labute approximate surface area is 140 Å². The fraction of sp³-hybridized carbons (Fsp3) is 0.200. The second kappa shape index (κ2) is 6.81. The first-order chi connectivity index (χ1) is 10.4. The molecule has 2 rings (SSSR count). The number of methoxy groups -OCH3 is 1. The molecule has 0 aliphatic carbocycles. The monoisotopic (exact) mass is 357 g/mol. The fourth-order valence-corrected chi connectivity index (χ4v) is 3.74. The van der Waals surface area contributed by atoms with Crippen LogP contribution in [0, 0.1) is 0 Å². The topological polar surface area (TPSA) is 46.6 Å². The molecule has 0 aliphatic rings. The normalized spacial score (nSPS) is 11.3. The van der Waals surface area contributed by atoms with E-state index in [0.717, 1.165) is 4.90 Å². The van der Waals surface area contributed by atoms with Crippen molar-refractivity contribution in [3.63, 3.8) is 0 Å². The largest absolute Gasteiger partial charge is 0.495 e. The van der Waals surface area contributed by atoms with Crippen LogP contribution in [0.1, 0.15) is 0 Å². The number of nitrogens with zero attached hydrogens (tertiary/aromatic N) is 1. The molecule has 0 fully saturated rings. The highest BCUT2D eigenvalue weighted by atomic mass is 35.5. The molecule has 118 valence electrons. The highest BCUT2D eigenvalue weighted by molar-refractivity contribution is 7.98. The summed E-state index contributed by atoms with van der Waals surface area (Å²) >= 11 is 7.62. The number of rotatable bonds is 5. The van der Waals surface area contributed by atoms with Crippen LogP contribution in [0.4, 0.5) is 5.69 Å². The summed E-state index contributed by atoms with van der Waals surface area (Å²) in [4.78, 5) is 1.24. The van der Waals surface area contributed by atoms with Crippen molar-refractivity contribution in [1.29, 1.82) is 0 Å². The molecule has 0 bridgehead atoms. The first kappa shape index (κ1) is 17.0. The molecule has 7 heteroatoms. The van der Waals surface area contributed by atoms with E-state index in [4.69, 9.17) is 16.3 Å². The number of hydrogen-bond donors (Lipinski definition) is 0. The molecule has 0 spiro atoms. The summed E-state index contributed by atoms with van der Waals surface area (Å²) in [6.45, 7) is 0. The lowest BCUT2D eigenvalue weighted by Crippen LogP contribution is -2.26. The molecule has 0 N–H and O–H groups in total. The molecule has 4 nitrogen and oxygen atoms in total. The molecule has 0 amide bonds. The van der Waals surface area contributed by atoms with Gasteiger partial charge in [-0.1, -0.05) is 11.6 Å². The van der Waals surface area contributed by atoms with E-state index < -0.39 is 10.0 Å². The summed E-state index contributed by atoms with van der Waals surface area (Å²) in [7, 11) is -0.624. The van der Waals surface area contributed by atoms with Crippen LogP contribution in [0.25, 0.3) is 0 Å². The van der Waals surface area contributed by atoms with Gasteiger partial charge in [0.05, 0.1) is 22.7 Å². The van der Waals surface area contributed by atoms with Gasteiger partial charge in [-0.25, -0.2) is 8.42 Å². The lowest BCUT2D eigenvalue weighted by Gasteiger charge is -2.20. The predicted molar refractivity (Wildman–Crippen MR) is 91.8 cm³/mol. The van der Waals surface area contributed by atoms with Gasteiger partial charge in [0.25, 0.3) is 10.0 Å². The first-order valence-electron chi connectivity index (χ1n) is 6.36. The Morgan fingerprint density at radius 1 is 1.14 bits per heavy atom. The zero-order valence-corrected chi connectivity index (χ0v) is 14.8. The third kappa shape index (κ3) is 3.34. The summed E-state index contributed by atoms with van der Waals surface area (Å²) in [5.41, 5.74) is 0.472. The van der Waals surface area contributed by atoms with Crippen molar-refractivity contribution in [3.8, 4) is 5.75 Å². The second-order valence-corrected chi connectivity index (χ2v) is 7.72. The number of hydrogen-bond acceptors (Lipinski definition) is 4. The van der Waals surface area contributed by atoms with Crippen molar-refractivity contribution in [2.75, 3.05) is 24.7 Å². The molecule has 22 heavy (non-hydrogen) atoms. The van der Waals surface area contributed by atoms with Gasteiger partial charge in [0.1, 0.15) is 5.75 Å². The molecule has 0 aromatic heterocycles. The van der Waals surface area contributed by atoms with E-state index in [-0.39, 0.29) is 4.90 Å². The molecule has 2 aromatic rings. The smallest absolute Gasteiger partial charge is 0.264 e. The third-order valence-corrected chi connectivity index (χ3v) is 6.06. The van der Waals surface area contributed by atoms with Crippen molar-refractivity contribution < 1.29 is 13.2 Å². The number of sulfonamides is 1. The van der Waals surface area contributed by atoms with E-state index in [1.807, 2.05) is 6.26 Å². The summed E-state index contributed by atoms with van der Waals surface area (Å²) < 4.78 is 31.6. The van der Waals surface area contributed by atoms with Crippen molar-refractivity contribution in [2.24, 2.45) is 0 Å². The van der Waals surface area contributed by atoms with Gasteiger partial charge in [0, 0.05) is 11.9 Å². The van der Waals surface area contributed by atoms with Gasteiger partial charge in [0.15, 0.2) is 0 Å². The number of anilines is 1. The Morgan fingerprint density at radius 2 is 1.77 bits per heavy atom. The van der Waals surface area contributed by atoms with Gasteiger partial charge in [-0.15, -0.1) is 11.8 Å². The van der Waals surface area contributed by atoms with E-state index in [1.54, 1.807) is 54.2 Å². The van der Waals surface area contributed by atoms with Gasteiger partial charge in [-0.3, -0.25) is 4.31 Å². The number of ether oxygens (including phenoxy) is 1. The van der Waals surface area contributed by atoms with E-state index in [0.29, 0.717) is 16.5 Å².